The fraction of sp³-hybridized carbons (Fsp3) is 0.500. The third-order valence-electron chi connectivity index (χ3n) is 3.72. The van der Waals surface area contributed by atoms with Crippen LogP contribution in [0.25, 0.3) is 0 Å². The molecule has 1 aromatic carbocycles. The minimum Gasteiger partial charge on any atom is -0.352 e. The molecule has 1 atom stereocenters. The van der Waals surface area contributed by atoms with E-state index in [0.717, 1.165) is 31.4 Å². The summed E-state index contributed by atoms with van der Waals surface area (Å²) in [6.45, 7) is 5.27. The summed E-state index contributed by atoms with van der Waals surface area (Å²) in [6, 6.07) is 5.23. The predicted octanol–water partition coefficient (Wildman–Crippen LogP) is 1.83. The van der Waals surface area contributed by atoms with Gasteiger partial charge in [0.25, 0.3) is 5.91 Å². The third kappa shape index (κ3) is 4.04. The molecule has 2 amide bonds. The SMILES string of the molecule is CCNC(=O)c1ccc(C)c(NC(=O)C2CCCCN2)c1. The van der Waals surface area contributed by atoms with E-state index in [4.69, 9.17) is 0 Å². The summed E-state index contributed by atoms with van der Waals surface area (Å²) in [4.78, 5) is 24.1. The van der Waals surface area contributed by atoms with Gasteiger partial charge in [-0.25, -0.2) is 0 Å². The highest BCUT2D eigenvalue weighted by Gasteiger charge is 2.21. The molecule has 1 aromatic rings. The van der Waals surface area contributed by atoms with E-state index >= 15 is 0 Å². The van der Waals surface area contributed by atoms with Gasteiger partial charge in [-0.2, -0.15) is 0 Å². The maximum Gasteiger partial charge on any atom is 0.251 e. The number of nitrogens with one attached hydrogen (secondary N) is 3. The maximum atomic E-state index is 12.3. The summed E-state index contributed by atoms with van der Waals surface area (Å²) in [6.07, 6.45) is 3.05. The smallest absolute Gasteiger partial charge is 0.251 e. The van der Waals surface area contributed by atoms with E-state index in [1.54, 1.807) is 12.1 Å². The monoisotopic (exact) mass is 289 g/mol. The number of hydrogen-bond acceptors (Lipinski definition) is 3. The Hall–Kier alpha value is -1.88. The summed E-state index contributed by atoms with van der Waals surface area (Å²) < 4.78 is 0. The summed E-state index contributed by atoms with van der Waals surface area (Å²) in [5.74, 6) is -0.144. The lowest BCUT2D eigenvalue weighted by atomic mass is 10.0. The van der Waals surface area contributed by atoms with Crippen LogP contribution in [0.3, 0.4) is 0 Å². The van der Waals surface area contributed by atoms with Gasteiger partial charge in [-0.05, 0) is 50.9 Å². The molecule has 5 heteroatoms. The summed E-state index contributed by atoms with van der Waals surface area (Å²) in [5, 5.41) is 8.92. The van der Waals surface area contributed by atoms with Gasteiger partial charge in [0.05, 0.1) is 6.04 Å². The molecule has 0 radical (unpaired) electrons. The molecule has 1 unspecified atom stereocenters. The van der Waals surface area contributed by atoms with Crippen LogP contribution in [0.5, 0.6) is 0 Å². The number of rotatable bonds is 4. The average Bonchev–Trinajstić information content (AvgIpc) is 2.50. The van der Waals surface area contributed by atoms with Gasteiger partial charge < -0.3 is 16.0 Å². The van der Waals surface area contributed by atoms with Crippen molar-refractivity contribution < 1.29 is 9.59 Å². The van der Waals surface area contributed by atoms with Crippen molar-refractivity contribution in [2.45, 2.75) is 39.2 Å². The molecule has 3 N–H and O–H groups in total. The molecule has 114 valence electrons. The molecule has 0 spiro atoms. The Labute approximate surface area is 125 Å². The van der Waals surface area contributed by atoms with Gasteiger partial charge >= 0.3 is 0 Å². The third-order valence-corrected chi connectivity index (χ3v) is 3.72. The number of carbonyl (C=O) groups excluding carboxylic acids is 2. The molecular weight excluding hydrogens is 266 g/mol. The highest BCUT2D eigenvalue weighted by atomic mass is 16.2. The zero-order valence-corrected chi connectivity index (χ0v) is 12.7. The fourth-order valence-corrected chi connectivity index (χ4v) is 2.46. The standard InChI is InChI=1S/C16H23N3O2/c1-3-17-15(20)12-8-7-11(2)14(10-12)19-16(21)13-6-4-5-9-18-13/h7-8,10,13,18H,3-6,9H2,1-2H3,(H,17,20)(H,19,21). The molecule has 1 fully saturated rings. The van der Waals surface area contributed by atoms with E-state index in [1.807, 2.05) is 19.9 Å². The van der Waals surface area contributed by atoms with Crippen molar-refractivity contribution in [2.24, 2.45) is 0 Å². The van der Waals surface area contributed by atoms with Gasteiger partial charge in [-0.15, -0.1) is 0 Å². The van der Waals surface area contributed by atoms with Gasteiger partial charge in [0, 0.05) is 17.8 Å². The van der Waals surface area contributed by atoms with Gasteiger partial charge in [0.2, 0.25) is 5.91 Å². The second-order valence-electron chi connectivity index (χ2n) is 5.38. The van der Waals surface area contributed by atoms with Gasteiger partial charge in [0.15, 0.2) is 0 Å². The number of anilines is 1. The van der Waals surface area contributed by atoms with E-state index in [0.29, 0.717) is 17.8 Å². The summed E-state index contributed by atoms with van der Waals surface area (Å²) in [7, 11) is 0. The van der Waals surface area contributed by atoms with Gasteiger partial charge in [-0.3, -0.25) is 9.59 Å². The number of aryl methyl sites for hydroxylation is 1. The molecule has 0 bridgehead atoms. The molecule has 2 rings (SSSR count). The Morgan fingerprint density at radius 2 is 2.14 bits per heavy atom. The average molecular weight is 289 g/mol. The number of carbonyl (C=O) groups is 2. The number of benzene rings is 1. The molecule has 0 aromatic heterocycles. The van der Waals surface area contributed by atoms with Gasteiger partial charge in [0.1, 0.15) is 0 Å². The first kappa shape index (κ1) is 15.5. The maximum absolute atomic E-state index is 12.3. The van der Waals surface area contributed by atoms with E-state index < -0.39 is 0 Å². The fourth-order valence-electron chi connectivity index (χ4n) is 2.46. The molecule has 1 aliphatic heterocycles. The van der Waals surface area contributed by atoms with Crippen LogP contribution in [0.1, 0.15) is 42.1 Å². The van der Waals surface area contributed by atoms with Gasteiger partial charge in [-0.1, -0.05) is 12.5 Å². The van der Waals surface area contributed by atoms with Crippen molar-refractivity contribution in [2.75, 3.05) is 18.4 Å². The second-order valence-corrected chi connectivity index (χ2v) is 5.38. The lowest BCUT2D eigenvalue weighted by Gasteiger charge is -2.23. The lowest BCUT2D eigenvalue weighted by molar-refractivity contribution is -0.118. The first-order valence-electron chi connectivity index (χ1n) is 7.55. The quantitative estimate of drug-likeness (QED) is 0.792. The molecule has 21 heavy (non-hydrogen) atoms. The van der Waals surface area contributed by atoms with Crippen LogP contribution in [-0.4, -0.2) is 30.9 Å². The van der Waals surface area contributed by atoms with Crippen molar-refractivity contribution in [3.8, 4) is 0 Å². The topological polar surface area (TPSA) is 70.2 Å². The van der Waals surface area contributed by atoms with Crippen LogP contribution in [0, 0.1) is 6.92 Å². The van der Waals surface area contributed by atoms with E-state index in [2.05, 4.69) is 16.0 Å². The molecule has 0 saturated carbocycles. The van der Waals surface area contributed by atoms with E-state index in [-0.39, 0.29) is 17.9 Å². The van der Waals surface area contributed by atoms with Crippen molar-refractivity contribution in [3.05, 3.63) is 29.3 Å². The number of hydrogen-bond donors (Lipinski definition) is 3. The summed E-state index contributed by atoms with van der Waals surface area (Å²) >= 11 is 0. The normalized spacial score (nSPS) is 18.1. The summed E-state index contributed by atoms with van der Waals surface area (Å²) in [5.41, 5.74) is 2.22. The van der Waals surface area contributed by atoms with Crippen LogP contribution >= 0.6 is 0 Å². The largest absolute Gasteiger partial charge is 0.352 e. The molecule has 1 aliphatic rings. The highest BCUT2D eigenvalue weighted by molar-refractivity contribution is 5.99. The Morgan fingerprint density at radius 1 is 1.33 bits per heavy atom. The van der Waals surface area contributed by atoms with Crippen molar-refractivity contribution in [3.63, 3.8) is 0 Å². The highest BCUT2D eigenvalue weighted by Crippen LogP contribution is 2.18. The number of amides is 2. The minimum absolute atomic E-state index is 0.0224. The second kappa shape index (κ2) is 7.22. The zero-order valence-electron chi connectivity index (χ0n) is 12.7. The Morgan fingerprint density at radius 3 is 2.81 bits per heavy atom. The first-order chi connectivity index (χ1) is 10.1. The molecule has 1 saturated heterocycles. The van der Waals surface area contributed by atoms with Crippen LogP contribution in [-0.2, 0) is 4.79 Å². The Kier molecular flexibility index (Phi) is 5.33. The van der Waals surface area contributed by atoms with Crippen LogP contribution in [0.2, 0.25) is 0 Å². The van der Waals surface area contributed by atoms with Crippen molar-refractivity contribution >= 4 is 17.5 Å². The molecular formula is C16H23N3O2. The lowest BCUT2D eigenvalue weighted by Crippen LogP contribution is -2.43. The zero-order chi connectivity index (χ0) is 15.2. The molecule has 1 heterocycles. The molecule has 5 nitrogen and oxygen atoms in total. The van der Waals surface area contributed by atoms with Crippen LogP contribution in [0.15, 0.2) is 18.2 Å². The molecule has 0 aliphatic carbocycles. The Bertz CT molecular complexity index is 522. The van der Waals surface area contributed by atoms with Crippen LogP contribution in [0.4, 0.5) is 5.69 Å². The first-order valence-corrected chi connectivity index (χ1v) is 7.55. The Balaban J connectivity index is 2.09. The number of piperidine rings is 1. The predicted molar refractivity (Wildman–Crippen MR) is 83.5 cm³/mol. The van der Waals surface area contributed by atoms with E-state index in [9.17, 15) is 9.59 Å². The van der Waals surface area contributed by atoms with Crippen molar-refractivity contribution in [1.82, 2.24) is 10.6 Å². The van der Waals surface area contributed by atoms with E-state index in [1.165, 1.54) is 0 Å². The minimum atomic E-state index is -0.133. The van der Waals surface area contributed by atoms with Crippen molar-refractivity contribution in [1.29, 1.82) is 0 Å². The van der Waals surface area contributed by atoms with Crippen LogP contribution < -0.4 is 16.0 Å².